The van der Waals surface area contributed by atoms with Crippen molar-refractivity contribution in [1.29, 1.82) is 0 Å². The van der Waals surface area contributed by atoms with Crippen molar-refractivity contribution in [1.82, 2.24) is 14.3 Å². The van der Waals surface area contributed by atoms with Gasteiger partial charge in [0.25, 0.3) is 5.91 Å². The predicted molar refractivity (Wildman–Crippen MR) is 122 cm³/mol. The number of anilines is 2. The van der Waals surface area contributed by atoms with E-state index in [0.29, 0.717) is 11.4 Å². The molecule has 2 aromatic heterocycles. The van der Waals surface area contributed by atoms with E-state index in [0.717, 1.165) is 12.1 Å². The number of halogens is 3. The Hall–Kier alpha value is -3.03. The fourth-order valence-electron chi connectivity index (χ4n) is 3.57. The first-order valence-electron chi connectivity index (χ1n) is 10.2. The second-order valence-electron chi connectivity index (χ2n) is 7.52. The number of pyridine rings is 1. The van der Waals surface area contributed by atoms with Gasteiger partial charge in [0.2, 0.25) is 10.0 Å². The molecule has 1 aliphatic rings. The average Bonchev–Trinajstić information content (AvgIpc) is 3.31. The number of alkyl halides is 3. The maximum Gasteiger partial charge on any atom is 0.416 e. The summed E-state index contributed by atoms with van der Waals surface area (Å²) in [5, 5.41) is 4.20. The van der Waals surface area contributed by atoms with Gasteiger partial charge in [-0.3, -0.25) is 9.78 Å². The SMILES string of the molecule is O=C(Nc1cc(C(F)(F)F)ccc1N1CCN(S(=O)(=O)Cc2cscn2)CC1)c1ccccn1. The lowest BCUT2D eigenvalue weighted by atomic mass is 10.1. The van der Waals surface area contributed by atoms with E-state index in [1.807, 2.05) is 0 Å². The summed E-state index contributed by atoms with van der Waals surface area (Å²) in [5.41, 5.74) is 1.53. The van der Waals surface area contributed by atoms with E-state index < -0.39 is 27.7 Å². The first-order valence-corrected chi connectivity index (χ1v) is 12.7. The monoisotopic (exact) mass is 511 g/mol. The molecule has 1 saturated heterocycles. The zero-order chi connectivity index (χ0) is 24.3. The van der Waals surface area contributed by atoms with Crippen LogP contribution in [0.2, 0.25) is 0 Å². The van der Waals surface area contributed by atoms with E-state index >= 15 is 0 Å². The molecule has 8 nitrogen and oxygen atoms in total. The highest BCUT2D eigenvalue weighted by Gasteiger charge is 2.33. The molecule has 0 radical (unpaired) electrons. The number of hydrogen-bond donors (Lipinski definition) is 1. The summed E-state index contributed by atoms with van der Waals surface area (Å²) in [4.78, 5) is 22.3. The van der Waals surface area contributed by atoms with Gasteiger partial charge in [-0.05, 0) is 30.3 Å². The van der Waals surface area contributed by atoms with Crippen LogP contribution in [0.15, 0.2) is 53.5 Å². The Morgan fingerprint density at radius 3 is 2.47 bits per heavy atom. The molecule has 180 valence electrons. The Labute approximate surface area is 198 Å². The standard InChI is InChI=1S/C21H20F3N5O3S2/c22-21(23,24)15-4-5-19(18(11-15)27-20(30)17-3-1-2-6-25-17)28-7-9-29(10-8-28)34(31,32)13-16-12-33-14-26-16/h1-6,11-12,14H,7-10,13H2,(H,27,30). The van der Waals surface area contributed by atoms with Crippen molar-refractivity contribution in [3.05, 3.63) is 70.4 Å². The van der Waals surface area contributed by atoms with E-state index in [4.69, 9.17) is 0 Å². The molecule has 3 aromatic rings. The number of benzene rings is 1. The van der Waals surface area contributed by atoms with Gasteiger partial charge in [-0.25, -0.2) is 13.4 Å². The van der Waals surface area contributed by atoms with Crippen LogP contribution in [0.1, 0.15) is 21.7 Å². The summed E-state index contributed by atoms with van der Waals surface area (Å²) in [6, 6.07) is 7.78. The van der Waals surface area contributed by atoms with Crippen LogP contribution < -0.4 is 10.2 Å². The van der Waals surface area contributed by atoms with E-state index in [1.165, 1.54) is 34.0 Å². The van der Waals surface area contributed by atoms with Crippen molar-refractivity contribution in [3.63, 3.8) is 0 Å². The number of nitrogens with zero attached hydrogens (tertiary/aromatic N) is 4. The van der Waals surface area contributed by atoms with Crippen molar-refractivity contribution in [2.75, 3.05) is 36.4 Å². The van der Waals surface area contributed by atoms with Crippen molar-refractivity contribution in [2.24, 2.45) is 0 Å². The third kappa shape index (κ3) is 5.54. The zero-order valence-corrected chi connectivity index (χ0v) is 19.3. The Morgan fingerprint density at radius 1 is 1.09 bits per heavy atom. The van der Waals surface area contributed by atoms with Gasteiger partial charge in [0, 0.05) is 37.8 Å². The van der Waals surface area contributed by atoms with Gasteiger partial charge < -0.3 is 10.2 Å². The number of sulfonamides is 1. The molecular formula is C21H20F3N5O3S2. The van der Waals surface area contributed by atoms with E-state index in [9.17, 15) is 26.4 Å². The molecule has 1 amide bonds. The highest BCUT2D eigenvalue weighted by molar-refractivity contribution is 7.88. The summed E-state index contributed by atoms with van der Waals surface area (Å²) in [5.74, 6) is -0.854. The number of hydrogen-bond acceptors (Lipinski definition) is 7. The predicted octanol–water partition coefficient (Wildman–Crippen LogP) is 3.46. The normalized spacial score (nSPS) is 15.3. The third-order valence-electron chi connectivity index (χ3n) is 5.26. The van der Waals surface area contributed by atoms with Crippen LogP contribution in [0.25, 0.3) is 0 Å². The van der Waals surface area contributed by atoms with Crippen molar-refractivity contribution in [2.45, 2.75) is 11.9 Å². The van der Waals surface area contributed by atoms with Gasteiger partial charge >= 0.3 is 6.18 Å². The molecule has 1 fully saturated rings. The second-order valence-corrected chi connectivity index (χ2v) is 10.2. The molecule has 13 heteroatoms. The number of nitrogens with one attached hydrogen (secondary N) is 1. The molecule has 34 heavy (non-hydrogen) atoms. The van der Waals surface area contributed by atoms with Gasteiger partial charge in [-0.2, -0.15) is 17.5 Å². The highest BCUT2D eigenvalue weighted by atomic mass is 32.2. The van der Waals surface area contributed by atoms with Gasteiger partial charge in [0.15, 0.2) is 0 Å². The molecule has 1 aromatic carbocycles. The minimum absolute atomic E-state index is 0.0238. The number of amides is 1. The molecule has 3 heterocycles. The molecule has 0 bridgehead atoms. The van der Waals surface area contributed by atoms with E-state index in [-0.39, 0.29) is 43.3 Å². The number of carbonyl (C=O) groups excluding carboxylic acids is 1. The topological polar surface area (TPSA) is 95.5 Å². The second kappa shape index (κ2) is 9.68. The van der Waals surface area contributed by atoms with Crippen LogP contribution in [0.4, 0.5) is 24.5 Å². The van der Waals surface area contributed by atoms with Crippen molar-refractivity contribution in [3.8, 4) is 0 Å². The van der Waals surface area contributed by atoms with Gasteiger partial charge in [-0.1, -0.05) is 6.07 Å². The molecule has 1 aliphatic heterocycles. The maximum atomic E-state index is 13.3. The summed E-state index contributed by atoms with van der Waals surface area (Å²) in [7, 11) is -3.58. The molecule has 4 rings (SSSR count). The van der Waals surface area contributed by atoms with Gasteiger partial charge in [-0.15, -0.1) is 11.3 Å². The molecule has 1 N–H and O–H groups in total. The zero-order valence-electron chi connectivity index (χ0n) is 17.7. The summed E-state index contributed by atoms with van der Waals surface area (Å²) in [6.45, 7) is 0.796. The number of aromatic nitrogens is 2. The maximum absolute atomic E-state index is 13.3. The minimum Gasteiger partial charge on any atom is -0.367 e. The Kier molecular flexibility index (Phi) is 6.86. The fraction of sp³-hybridized carbons (Fsp3) is 0.286. The average molecular weight is 512 g/mol. The van der Waals surface area contributed by atoms with Crippen LogP contribution in [0, 0.1) is 0 Å². The molecule has 0 spiro atoms. The summed E-state index contributed by atoms with van der Waals surface area (Å²) >= 11 is 1.31. The smallest absolute Gasteiger partial charge is 0.367 e. The van der Waals surface area contributed by atoms with Crippen LogP contribution in [-0.4, -0.2) is 54.8 Å². The quantitative estimate of drug-likeness (QED) is 0.545. The Morgan fingerprint density at radius 2 is 1.85 bits per heavy atom. The van der Waals surface area contributed by atoms with Crippen LogP contribution in [0.3, 0.4) is 0 Å². The number of rotatable bonds is 6. The minimum atomic E-state index is -4.59. The first-order chi connectivity index (χ1) is 16.1. The van der Waals surface area contributed by atoms with Crippen LogP contribution in [-0.2, 0) is 22.0 Å². The van der Waals surface area contributed by atoms with E-state index in [1.54, 1.807) is 27.9 Å². The molecule has 0 saturated carbocycles. The highest BCUT2D eigenvalue weighted by Crippen LogP contribution is 2.36. The lowest BCUT2D eigenvalue weighted by Crippen LogP contribution is -2.49. The number of carbonyl (C=O) groups is 1. The third-order valence-corrected chi connectivity index (χ3v) is 7.70. The van der Waals surface area contributed by atoms with Crippen molar-refractivity contribution < 1.29 is 26.4 Å². The Bertz CT molecular complexity index is 1240. The molecule has 0 atom stereocenters. The number of thiazole rings is 1. The molecular weight excluding hydrogens is 491 g/mol. The lowest BCUT2D eigenvalue weighted by molar-refractivity contribution is -0.137. The van der Waals surface area contributed by atoms with Gasteiger partial charge in [0.05, 0.1) is 28.1 Å². The first kappa shape index (κ1) is 24.1. The summed E-state index contributed by atoms with van der Waals surface area (Å²) in [6.07, 6.45) is -3.18. The molecule has 0 aliphatic carbocycles. The van der Waals surface area contributed by atoms with E-state index in [2.05, 4.69) is 15.3 Å². The van der Waals surface area contributed by atoms with Crippen LogP contribution in [0.5, 0.6) is 0 Å². The number of piperazine rings is 1. The van der Waals surface area contributed by atoms with Crippen LogP contribution >= 0.6 is 11.3 Å². The summed E-state index contributed by atoms with van der Waals surface area (Å²) < 4.78 is 66.7. The largest absolute Gasteiger partial charge is 0.416 e. The van der Waals surface area contributed by atoms with Crippen molar-refractivity contribution >= 4 is 38.6 Å². The Balaban J connectivity index is 1.53. The molecule has 0 unspecified atom stereocenters. The van der Waals surface area contributed by atoms with Gasteiger partial charge in [0.1, 0.15) is 11.4 Å². The fourth-order valence-corrected chi connectivity index (χ4v) is 5.66. The lowest BCUT2D eigenvalue weighted by Gasteiger charge is -2.36.